The van der Waals surface area contributed by atoms with Gasteiger partial charge in [-0.3, -0.25) is 0 Å². The SMILES string of the molecule is Cc1cnn([N+](=O)[O-])c1. The van der Waals surface area contributed by atoms with E-state index in [0.717, 1.165) is 5.56 Å². The van der Waals surface area contributed by atoms with Crippen LogP contribution in [0.15, 0.2) is 12.4 Å². The summed E-state index contributed by atoms with van der Waals surface area (Å²) in [4.78, 5) is 10.6. The Kier molecular flexibility index (Phi) is 1.18. The summed E-state index contributed by atoms with van der Waals surface area (Å²) in [5.74, 6) is 0. The van der Waals surface area contributed by atoms with Crippen molar-refractivity contribution < 1.29 is 5.03 Å². The van der Waals surface area contributed by atoms with Crippen LogP contribution in [0.25, 0.3) is 0 Å². The van der Waals surface area contributed by atoms with E-state index in [1.807, 2.05) is 0 Å². The van der Waals surface area contributed by atoms with E-state index in [0.29, 0.717) is 4.79 Å². The fourth-order valence-electron chi connectivity index (χ4n) is 0.488. The topological polar surface area (TPSA) is 61.0 Å². The van der Waals surface area contributed by atoms with Crippen LogP contribution in [-0.4, -0.2) is 14.9 Å². The third-order valence-electron chi connectivity index (χ3n) is 0.866. The zero-order valence-electron chi connectivity index (χ0n) is 4.81. The summed E-state index contributed by atoms with van der Waals surface area (Å²) in [6.07, 6.45) is 2.78. The quantitative estimate of drug-likeness (QED) is 0.400. The molecule has 0 fully saturated rings. The van der Waals surface area contributed by atoms with Gasteiger partial charge in [-0.25, -0.2) is 0 Å². The van der Waals surface area contributed by atoms with E-state index < -0.39 is 5.03 Å². The van der Waals surface area contributed by atoms with Crippen molar-refractivity contribution in [3.05, 3.63) is 28.1 Å². The van der Waals surface area contributed by atoms with Gasteiger partial charge in [0, 0.05) is 15.5 Å². The Labute approximate surface area is 51.0 Å². The summed E-state index contributed by atoms with van der Waals surface area (Å²) < 4.78 is 0. The molecule has 9 heavy (non-hydrogen) atoms. The van der Waals surface area contributed by atoms with Crippen LogP contribution < -0.4 is 0 Å². The predicted molar refractivity (Wildman–Crippen MR) is 29.4 cm³/mol. The number of nitro groups is 1. The second-order valence-electron chi connectivity index (χ2n) is 1.68. The van der Waals surface area contributed by atoms with Gasteiger partial charge >= 0.3 is 0 Å². The van der Waals surface area contributed by atoms with E-state index in [2.05, 4.69) is 5.10 Å². The smallest absolute Gasteiger partial charge is 0.170 e. The highest BCUT2D eigenvalue weighted by Gasteiger charge is 2.00. The van der Waals surface area contributed by atoms with E-state index in [4.69, 9.17) is 0 Å². The minimum atomic E-state index is -0.590. The molecule has 0 amide bonds. The van der Waals surface area contributed by atoms with E-state index >= 15 is 0 Å². The summed E-state index contributed by atoms with van der Waals surface area (Å²) in [6.45, 7) is 1.74. The molecule has 0 aliphatic heterocycles. The fourth-order valence-corrected chi connectivity index (χ4v) is 0.488. The van der Waals surface area contributed by atoms with Gasteiger partial charge in [-0.05, 0) is 6.92 Å². The largest absolute Gasteiger partial charge is 0.339 e. The summed E-state index contributed by atoms with van der Waals surface area (Å²) in [5, 5.41) is 12.8. The molecule has 0 aliphatic carbocycles. The second-order valence-corrected chi connectivity index (χ2v) is 1.68. The molecule has 0 bridgehead atoms. The minimum absolute atomic E-state index is 0.590. The average molecular weight is 127 g/mol. The van der Waals surface area contributed by atoms with Crippen molar-refractivity contribution in [2.75, 3.05) is 0 Å². The molecule has 0 saturated heterocycles. The lowest BCUT2D eigenvalue weighted by Crippen LogP contribution is -2.07. The first kappa shape index (κ1) is 5.74. The molecule has 0 atom stereocenters. The van der Waals surface area contributed by atoms with Gasteiger partial charge in [-0.2, -0.15) is 0 Å². The first-order valence-electron chi connectivity index (χ1n) is 2.36. The average Bonchev–Trinajstić information content (AvgIpc) is 2.14. The Morgan fingerprint density at radius 1 is 1.89 bits per heavy atom. The van der Waals surface area contributed by atoms with Gasteiger partial charge in [0.25, 0.3) is 0 Å². The zero-order valence-corrected chi connectivity index (χ0v) is 4.81. The van der Waals surface area contributed by atoms with Crippen LogP contribution in [0.4, 0.5) is 0 Å². The van der Waals surface area contributed by atoms with Crippen molar-refractivity contribution in [3.8, 4) is 0 Å². The number of aryl methyl sites for hydroxylation is 1. The zero-order chi connectivity index (χ0) is 6.85. The maximum absolute atomic E-state index is 9.92. The van der Waals surface area contributed by atoms with Crippen LogP contribution in [0.1, 0.15) is 5.56 Å². The van der Waals surface area contributed by atoms with Crippen LogP contribution in [0.3, 0.4) is 0 Å². The van der Waals surface area contributed by atoms with Gasteiger partial charge in [0.15, 0.2) is 6.20 Å². The Hall–Kier alpha value is -1.39. The molecule has 5 heteroatoms. The molecular formula is C4H5N3O2. The third kappa shape index (κ3) is 1.04. The van der Waals surface area contributed by atoms with Gasteiger partial charge in [0.05, 0.1) is 5.03 Å². The minimum Gasteiger partial charge on any atom is -0.339 e. The maximum Gasteiger partial charge on any atom is 0.170 e. The molecule has 0 unspecified atom stereocenters. The van der Waals surface area contributed by atoms with Gasteiger partial charge in [-0.1, -0.05) is 0 Å². The Morgan fingerprint density at radius 3 is 2.78 bits per heavy atom. The lowest BCUT2D eigenvalue weighted by atomic mass is 10.4. The maximum atomic E-state index is 9.92. The highest BCUT2D eigenvalue weighted by atomic mass is 16.7. The molecule has 48 valence electrons. The van der Waals surface area contributed by atoms with Crippen LogP contribution in [-0.2, 0) is 0 Å². The lowest BCUT2D eigenvalue weighted by Gasteiger charge is -1.86. The Morgan fingerprint density at radius 2 is 2.56 bits per heavy atom. The Balaban J connectivity index is 2.98. The molecule has 0 aromatic carbocycles. The molecule has 0 saturated carbocycles. The van der Waals surface area contributed by atoms with Crippen molar-refractivity contribution in [1.29, 1.82) is 0 Å². The molecule has 0 spiro atoms. The van der Waals surface area contributed by atoms with Crippen molar-refractivity contribution >= 4 is 0 Å². The van der Waals surface area contributed by atoms with Crippen LogP contribution in [0.5, 0.6) is 0 Å². The molecule has 1 aromatic rings. The van der Waals surface area contributed by atoms with Gasteiger partial charge in [-0.15, -0.1) is 0 Å². The standard InChI is InChI=1S/C4H5N3O2/c1-4-2-5-6(3-4)7(8)9/h2-3H,1H3. The molecule has 1 heterocycles. The number of hydrogen-bond donors (Lipinski definition) is 0. The van der Waals surface area contributed by atoms with Crippen LogP contribution in [0.2, 0.25) is 0 Å². The van der Waals surface area contributed by atoms with E-state index in [1.165, 1.54) is 12.4 Å². The summed E-state index contributed by atoms with van der Waals surface area (Å²) >= 11 is 0. The lowest BCUT2D eigenvalue weighted by molar-refractivity contribution is -0.552. The monoisotopic (exact) mass is 127 g/mol. The predicted octanol–water partition coefficient (Wildman–Crippen LogP) is 0.231. The van der Waals surface area contributed by atoms with Gasteiger partial charge in [0.2, 0.25) is 0 Å². The summed E-state index contributed by atoms with van der Waals surface area (Å²) in [7, 11) is 0. The number of aromatic nitrogens is 2. The molecular weight excluding hydrogens is 122 g/mol. The normalized spacial score (nSPS) is 9.44. The number of rotatable bonds is 1. The van der Waals surface area contributed by atoms with E-state index in [-0.39, 0.29) is 0 Å². The van der Waals surface area contributed by atoms with Crippen molar-refractivity contribution in [2.24, 2.45) is 0 Å². The molecule has 1 rings (SSSR count). The highest BCUT2D eigenvalue weighted by molar-refractivity contribution is 4.97. The number of nitrogens with zero attached hydrogens (tertiary/aromatic N) is 3. The molecule has 0 radical (unpaired) electrons. The number of hydrogen-bond acceptors (Lipinski definition) is 3. The van der Waals surface area contributed by atoms with Gasteiger partial charge in [0.1, 0.15) is 6.20 Å². The Bertz CT molecular complexity index is 229. The third-order valence-corrected chi connectivity index (χ3v) is 0.866. The first-order valence-corrected chi connectivity index (χ1v) is 2.36. The fraction of sp³-hybridized carbons (Fsp3) is 0.250. The van der Waals surface area contributed by atoms with Gasteiger partial charge < -0.3 is 10.1 Å². The molecule has 0 N–H and O–H groups in total. The van der Waals surface area contributed by atoms with Crippen molar-refractivity contribution in [2.45, 2.75) is 6.92 Å². The summed E-state index contributed by atoms with van der Waals surface area (Å²) in [6, 6.07) is 0. The molecule has 0 aliphatic rings. The van der Waals surface area contributed by atoms with Crippen molar-refractivity contribution in [3.63, 3.8) is 0 Å². The summed E-state index contributed by atoms with van der Waals surface area (Å²) in [5.41, 5.74) is 0.784. The van der Waals surface area contributed by atoms with Crippen LogP contribution >= 0.6 is 0 Å². The molecule has 5 nitrogen and oxygen atoms in total. The first-order chi connectivity index (χ1) is 4.20. The van der Waals surface area contributed by atoms with E-state index in [9.17, 15) is 10.1 Å². The van der Waals surface area contributed by atoms with Crippen molar-refractivity contribution in [1.82, 2.24) is 9.89 Å². The molecule has 1 aromatic heterocycles. The second kappa shape index (κ2) is 1.85. The van der Waals surface area contributed by atoms with Crippen LogP contribution in [0, 0.1) is 17.0 Å². The highest BCUT2D eigenvalue weighted by Crippen LogP contribution is 1.91. The van der Waals surface area contributed by atoms with E-state index in [1.54, 1.807) is 6.92 Å².